The molecule has 0 spiro atoms. The monoisotopic (exact) mass is 510 g/mol. The van der Waals surface area contributed by atoms with Gasteiger partial charge in [0.05, 0.1) is 24.1 Å². The quantitative estimate of drug-likeness (QED) is 0.470. The van der Waals surface area contributed by atoms with Gasteiger partial charge >= 0.3 is 0 Å². The van der Waals surface area contributed by atoms with Gasteiger partial charge in [0, 0.05) is 24.8 Å². The third kappa shape index (κ3) is 5.38. The highest BCUT2D eigenvalue weighted by molar-refractivity contribution is 6.03. The largest absolute Gasteiger partial charge is 0.381 e. The molecule has 0 bridgehead atoms. The van der Waals surface area contributed by atoms with Gasteiger partial charge in [0.25, 0.3) is 5.91 Å². The molecule has 1 saturated carbocycles. The number of hydrogen-bond donors (Lipinski definition) is 2. The smallest absolute Gasteiger partial charge is 0.274 e. The SMILES string of the molecule is CC1CC(N)CC(c2ccncc2NC(=O)c2ccc(F)c(-c3c(F)cc(C4CCOC4)cc3F)n2)C1. The van der Waals surface area contributed by atoms with Gasteiger partial charge in [-0.05, 0) is 79.0 Å². The fourth-order valence-electron chi connectivity index (χ4n) is 5.56. The third-order valence-electron chi connectivity index (χ3n) is 7.30. The van der Waals surface area contributed by atoms with Crippen LogP contribution in [0.25, 0.3) is 11.3 Å². The topological polar surface area (TPSA) is 90.1 Å². The lowest BCUT2D eigenvalue weighted by Gasteiger charge is -2.32. The second-order valence-electron chi connectivity index (χ2n) is 10.1. The first-order valence-corrected chi connectivity index (χ1v) is 12.5. The number of rotatable bonds is 5. The van der Waals surface area contributed by atoms with Crippen LogP contribution in [0.3, 0.4) is 0 Å². The molecule has 3 aromatic rings. The molecule has 0 radical (unpaired) electrons. The van der Waals surface area contributed by atoms with E-state index in [9.17, 15) is 9.18 Å². The Morgan fingerprint density at radius 3 is 2.54 bits per heavy atom. The van der Waals surface area contributed by atoms with Crippen LogP contribution in [-0.4, -0.2) is 35.1 Å². The number of pyridine rings is 2. The first kappa shape index (κ1) is 25.4. The summed E-state index contributed by atoms with van der Waals surface area (Å²) in [4.78, 5) is 21.3. The van der Waals surface area contributed by atoms with Crippen LogP contribution in [0.5, 0.6) is 0 Å². The molecule has 1 amide bonds. The van der Waals surface area contributed by atoms with E-state index in [1.54, 1.807) is 12.4 Å². The molecule has 194 valence electrons. The summed E-state index contributed by atoms with van der Waals surface area (Å²) < 4.78 is 50.1. The van der Waals surface area contributed by atoms with E-state index in [4.69, 9.17) is 10.5 Å². The summed E-state index contributed by atoms with van der Waals surface area (Å²) in [5, 5.41) is 2.80. The van der Waals surface area contributed by atoms with Crippen molar-refractivity contribution in [3.63, 3.8) is 0 Å². The summed E-state index contributed by atoms with van der Waals surface area (Å²) in [6.45, 7) is 3.05. The molecule has 1 aromatic carbocycles. The van der Waals surface area contributed by atoms with Gasteiger partial charge in [0.1, 0.15) is 28.8 Å². The number of hydrogen-bond acceptors (Lipinski definition) is 5. The van der Waals surface area contributed by atoms with Crippen LogP contribution in [0.2, 0.25) is 0 Å². The van der Waals surface area contributed by atoms with E-state index in [2.05, 4.69) is 22.2 Å². The summed E-state index contributed by atoms with van der Waals surface area (Å²) in [6, 6.07) is 6.47. The second-order valence-corrected chi connectivity index (χ2v) is 10.1. The van der Waals surface area contributed by atoms with E-state index in [0.29, 0.717) is 36.8 Å². The minimum atomic E-state index is -0.942. The molecule has 5 rings (SSSR count). The molecule has 3 N–H and O–H groups in total. The molecule has 2 fully saturated rings. The number of nitrogens with two attached hydrogens (primary N) is 1. The predicted octanol–water partition coefficient (Wildman–Crippen LogP) is 5.55. The van der Waals surface area contributed by atoms with Crippen molar-refractivity contribution in [3.8, 4) is 11.3 Å². The predicted molar refractivity (Wildman–Crippen MR) is 134 cm³/mol. The summed E-state index contributed by atoms with van der Waals surface area (Å²) in [7, 11) is 0. The number of amides is 1. The molecule has 3 heterocycles. The number of ether oxygens (including phenoxy) is 1. The minimum absolute atomic E-state index is 0.0733. The van der Waals surface area contributed by atoms with Crippen molar-refractivity contribution in [1.82, 2.24) is 9.97 Å². The van der Waals surface area contributed by atoms with Crippen molar-refractivity contribution in [3.05, 3.63) is 77.0 Å². The Morgan fingerprint density at radius 2 is 1.84 bits per heavy atom. The Bertz CT molecular complexity index is 1280. The van der Waals surface area contributed by atoms with Crippen LogP contribution < -0.4 is 11.1 Å². The normalized spacial score (nSPS) is 23.7. The van der Waals surface area contributed by atoms with Gasteiger partial charge in [0.2, 0.25) is 0 Å². The summed E-state index contributed by atoms with van der Waals surface area (Å²) in [5.74, 6) is -2.97. The molecule has 2 aromatic heterocycles. The maximum absolute atomic E-state index is 15.0. The minimum Gasteiger partial charge on any atom is -0.381 e. The van der Waals surface area contributed by atoms with Crippen molar-refractivity contribution in [2.24, 2.45) is 11.7 Å². The molecule has 4 atom stereocenters. The number of nitrogens with one attached hydrogen (secondary N) is 1. The van der Waals surface area contributed by atoms with Crippen LogP contribution in [0.15, 0.2) is 42.7 Å². The van der Waals surface area contributed by atoms with Crippen LogP contribution >= 0.6 is 0 Å². The van der Waals surface area contributed by atoms with Gasteiger partial charge in [0.15, 0.2) is 0 Å². The molecule has 6 nitrogen and oxygen atoms in total. The number of halogens is 3. The number of nitrogens with zero attached hydrogens (tertiary/aromatic N) is 2. The maximum Gasteiger partial charge on any atom is 0.274 e. The highest BCUT2D eigenvalue weighted by atomic mass is 19.1. The van der Waals surface area contributed by atoms with Crippen LogP contribution in [-0.2, 0) is 4.74 Å². The van der Waals surface area contributed by atoms with E-state index < -0.39 is 34.6 Å². The highest BCUT2D eigenvalue weighted by Crippen LogP contribution is 2.38. The molecule has 9 heteroatoms. The molecule has 37 heavy (non-hydrogen) atoms. The van der Waals surface area contributed by atoms with E-state index in [1.165, 1.54) is 18.2 Å². The van der Waals surface area contributed by atoms with Gasteiger partial charge in [-0.3, -0.25) is 9.78 Å². The Kier molecular flexibility index (Phi) is 7.26. The molecular weight excluding hydrogens is 481 g/mol. The van der Waals surface area contributed by atoms with E-state index in [0.717, 1.165) is 30.9 Å². The zero-order chi connectivity index (χ0) is 26.1. The van der Waals surface area contributed by atoms with E-state index in [1.807, 2.05) is 6.07 Å². The fraction of sp³-hybridized carbons (Fsp3) is 0.393. The van der Waals surface area contributed by atoms with Crippen LogP contribution in [0, 0.1) is 23.4 Å². The number of aromatic nitrogens is 2. The van der Waals surface area contributed by atoms with Gasteiger partial charge in [-0.15, -0.1) is 0 Å². The molecule has 1 aliphatic carbocycles. The van der Waals surface area contributed by atoms with Crippen LogP contribution in [0.4, 0.5) is 18.9 Å². The Labute approximate surface area is 213 Å². The summed E-state index contributed by atoms with van der Waals surface area (Å²) in [6.07, 6.45) is 6.54. The molecule has 2 aliphatic rings. The average Bonchev–Trinajstić information content (AvgIpc) is 3.39. The van der Waals surface area contributed by atoms with Crippen molar-refractivity contribution >= 4 is 11.6 Å². The second kappa shape index (κ2) is 10.6. The maximum atomic E-state index is 15.0. The van der Waals surface area contributed by atoms with Crippen molar-refractivity contribution in [2.45, 2.75) is 50.5 Å². The van der Waals surface area contributed by atoms with E-state index in [-0.39, 0.29) is 23.6 Å². The van der Waals surface area contributed by atoms with E-state index >= 15 is 8.78 Å². The Balaban J connectivity index is 1.42. The molecule has 4 unspecified atom stereocenters. The number of carbonyl (C=O) groups is 1. The first-order chi connectivity index (χ1) is 17.8. The number of carbonyl (C=O) groups excluding carboxylic acids is 1. The third-order valence-corrected chi connectivity index (χ3v) is 7.30. The standard InChI is InChI=1S/C28H29F3N4O2/c1-15-8-18(10-19(32)9-15)20-4-6-33-13-25(20)35-28(36)24-3-2-21(29)27(34-24)26-22(30)11-17(12-23(26)31)16-5-7-37-14-16/h2-4,6,11-13,15-16,18-19H,5,7-10,14,32H2,1H3,(H,35,36). The van der Waals surface area contributed by atoms with Crippen LogP contribution in [0.1, 0.15) is 66.1 Å². The lowest BCUT2D eigenvalue weighted by Crippen LogP contribution is -2.31. The Hall–Kier alpha value is -3.30. The number of benzene rings is 1. The summed E-state index contributed by atoms with van der Waals surface area (Å²) >= 11 is 0. The molecule has 1 aliphatic heterocycles. The van der Waals surface area contributed by atoms with Gasteiger partial charge < -0.3 is 15.8 Å². The first-order valence-electron chi connectivity index (χ1n) is 12.5. The molecular formula is C28H29F3N4O2. The van der Waals surface area contributed by atoms with Crippen molar-refractivity contribution in [2.75, 3.05) is 18.5 Å². The van der Waals surface area contributed by atoms with Gasteiger partial charge in [-0.25, -0.2) is 18.2 Å². The van der Waals surface area contributed by atoms with Crippen molar-refractivity contribution < 1.29 is 22.7 Å². The highest BCUT2D eigenvalue weighted by Gasteiger charge is 2.28. The lowest BCUT2D eigenvalue weighted by atomic mass is 9.76. The average molecular weight is 511 g/mol. The fourth-order valence-corrected chi connectivity index (χ4v) is 5.56. The number of anilines is 1. The zero-order valence-electron chi connectivity index (χ0n) is 20.5. The lowest BCUT2D eigenvalue weighted by molar-refractivity contribution is 0.102. The molecule has 1 saturated heterocycles. The zero-order valence-corrected chi connectivity index (χ0v) is 20.5. The van der Waals surface area contributed by atoms with Crippen molar-refractivity contribution in [1.29, 1.82) is 0 Å². The Morgan fingerprint density at radius 1 is 1.05 bits per heavy atom. The van der Waals surface area contributed by atoms with Gasteiger partial charge in [-0.1, -0.05) is 6.92 Å². The summed E-state index contributed by atoms with van der Waals surface area (Å²) in [5.41, 5.74) is 6.76. The van der Waals surface area contributed by atoms with Gasteiger partial charge in [-0.2, -0.15) is 0 Å².